The number of nitrogens with two attached hydrogens (primary N) is 1. The van der Waals surface area contributed by atoms with E-state index in [-0.39, 0.29) is 0 Å². The third-order valence-corrected chi connectivity index (χ3v) is 4.50. The van der Waals surface area contributed by atoms with Gasteiger partial charge in [-0.2, -0.15) is 0 Å². The van der Waals surface area contributed by atoms with E-state index < -0.39 is 0 Å². The van der Waals surface area contributed by atoms with E-state index >= 15 is 0 Å². The van der Waals surface area contributed by atoms with Gasteiger partial charge in [0.15, 0.2) is 0 Å². The zero-order chi connectivity index (χ0) is 17.2. The fourth-order valence-corrected chi connectivity index (χ4v) is 3.07. The predicted octanol–water partition coefficient (Wildman–Crippen LogP) is 3.38. The fraction of sp³-hybridized carbons (Fsp3) is 0.429. The highest BCUT2D eigenvalue weighted by molar-refractivity contribution is 5.31. The average Bonchev–Trinajstić information content (AvgIpc) is 2.62. The zero-order valence-corrected chi connectivity index (χ0v) is 15.1. The monoisotopic (exact) mass is 325 g/mol. The Hall–Kier alpha value is -1.68. The van der Waals surface area contributed by atoms with Crippen molar-refractivity contribution in [3.8, 4) is 0 Å². The summed E-state index contributed by atoms with van der Waals surface area (Å²) in [6.07, 6.45) is 2.29. The van der Waals surface area contributed by atoms with Gasteiger partial charge in [-0.3, -0.25) is 4.90 Å². The predicted molar refractivity (Wildman–Crippen MR) is 103 cm³/mol. The maximum absolute atomic E-state index is 5.58. The Morgan fingerprint density at radius 1 is 0.750 bits per heavy atom. The molecule has 130 valence electrons. The smallest absolute Gasteiger partial charge is 0.0599 e. The first-order valence-electron chi connectivity index (χ1n) is 8.91. The largest absolute Gasteiger partial charge is 0.330 e. The molecule has 0 spiro atoms. The van der Waals surface area contributed by atoms with Crippen LogP contribution in [0.4, 0.5) is 0 Å². The maximum Gasteiger partial charge on any atom is 0.0599 e. The van der Waals surface area contributed by atoms with Crippen molar-refractivity contribution >= 4 is 0 Å². The van der Waals surface area contributed by atoms with Crippen molar-refractivity contribution < 1.29 is 0 Å². The summed E-state index contributed by atoms with van der Waals surface area (Å²) in [5, 5.41) is 0. The normalized spacial score (nSPS) is 11.6. The van der Waals surface area contributed by atoms with E-state index in [1.165, 1.54) is 17.5 Å². The summed E-state index contributed by atoms with van der Waals surface area (Å²) in [6.45, 7) is 4.01. The van der Waals surface area contributed by atoms with E-state index in [9.17, 15) is 0 Å². The summed E-state index contributed by atoms with van der Waals surface area (Å²) in [6, 6.07) is 21.8. The van der Waals surface area contributed by atoms with Crippen molar-refractivity contribution in [2.45, 2.75) is 18.9 Å². The van der Waals surface area contributed by atoms with Gasteiger partial charge < -0.3 is 10.6 Å². The van der Waals surface area contributed by atoms with Gasteiger partial charge in [-0.1, -0.05) is 60.7 Å². The lowest BCUT2D eigenvalue weighted by Gasteiger charge is -2.30. The molecule has 0 aliphatic heterocycles. The van der Waals surface area contributed by atoms with Crippen LogP contribution >= 0.6 is 0 Å². The van der Waals surface area contributed by atoms with Gasteiger partial charge in [0.2, 0.25) is 0 Å². The summed E-state index contributed by atoms with van der Waals surface area (Å²) in [5.41, 5.74) is 8.27. The van der Waals surface area contributed by atoms with Crippen LogP contribution in [0.2, 0.25) is 0 Å². The molecule has 0 radical (unpaired) electrons. The molecular weight excluding hydrogens is 294 g/mol. The molecule has 2 N–H and O–H groups in total. The van der Waals surface area contributed by atoms with Crippen molar-refractivity contribution in [3.05, 3.63) is 71.8 Å². The van der Waals surface area contributed by atoms with Crippen molar-refractivity contribution in [2.24, 2.45) is 5.73 Å². The average molecular weight is 326 g/mol. The topological polar surface area (TPSA) is 32.5 Å². The summed E-state index contributed by atoms with van der Waals surface area (Å²) in [7, 11) is 4.42. The standard InChI is InChI=1S/C21H31N3/c1-23(16-10-9-15-22)17-18-24(2)21(19-11-5-3-6-12-19)20-13-7-4-8-14-20/h3-8,11-14,21H,9-10,15-18,22H2,1-2H3. The minimum atomic E-state index is 0.296. The van der Waals surface area contributed by atoms with E-state index in [0.717, 1.165) is 32.6 Å². The molecule has 0 fully saturated rings. The number of benzene rings is 2. The molecule has 0 saturated carbocycles. The van der Waals surface area contributed by atoms with E-state index in [2.05, 4.69) is 84.6 Å². The molecule has 0 heterocycles. The summed E-state index contributed by atoms with van der Waals surface area (Å²) >= 11 is 0. The number of hydrogen-bond acceptors (Lipinski definition) is 3. The van der Waals surface area contributed by atoms with Crippen molar-refractivity contribution in [3.63, 3.8) is 0 Å². The third-order valence-electron chi connectivity index (χ3n) is 4.50. The highest BCUT2D eigenvalue weighted by atomic mass is 15.2. The molecule has 0 saturated heterocycles. The lowest BCUT2D eigenvalue weighted by Crippen LogP contribution is -2.34. The maximum atomic E-state index is 5.58. The number of likely N-dealkylation sites (N-methyl/N-ethyl adjacent to an activating group) is 2. The number of hydrogen-bond donors (Lipinski definition) is 1. The molecule has 0 atom stereocenters. The Balaban J connectivity index is 2.02. The molecule has 0 aliphatic carbocycles. The van der Waals surface area contributed by atoms with Crippen LogP contribution in [0.15, 0.2) is 60.7 Å². The van der Waals surface area contributed by atoms with Crippen LogP contribution < -0.4 is 5.73 Å². The molecule has 0 unspecified atom stereocenters. The van der Waals surface area contributed by atoms with E-state index in [1.807, 2.05) is 0 Å². The molecule has 2 aromatic rings. The van der Waals surface area contributed by atoms with Crippen LogP contribution in [0.1, 0.15) is 30.0 Å². The minimum Gasteiger partial charge on any atom is -0.330 e. The molecule has 2 rings (SSSR count). The van der Waals surface area contributed by atoms with E-state index in [4.69, 9.17) is 5.73 Å². The van der Waals surface area contributed by atoms with Gasteiger partial charge in [-0.05, 0) is 51.2 Å². The first-order valence-corrected chi connectivity index (χ1v) is 8.91. The third kappa shape index (κ3) is 5.75. The van der Waals surface area contributed by atoms with Crippen molar-refractivity contribution in [1.82, 2.24) is 9.80 Å². The SMILES string of the molecule is CN(CCCCN)CCN(C)C(c1ccccc1)c1ccccc1. The minimum absolute atomic E-state index is 0.296. The fourth-order valence-electron chi connectivity index (χ4n) is 3.07. The Morgan fingerprint density at radius 2 is 1.29 bits per heavy atom. The van der Waals surface area contributed by atoms with Crippen LogP contribution in [-0.4, -0.2) is 50.1 Å². The first kappa shape index (κ1) is 18.7. The van der Waals surface area contributed by atoms with Gasteiger partial charge >= 0.3 is 0 Å². The Bertz CT molecular complexity index is 516. The first-order chi connectivity index (χ1) is 11.7. The Morgan fingerprint density at radius 3 is 1.79 bits per heavy atom. The molecule has 2 aromatic carbocycles. The van der Waals surface area contributed by atoms with Crippen LogP contribution in [0.25, 0.3) is 0 Å². The summed E-state index contributed by atoms with van der Waals surface area (Å²) in [4.78, 5) is 4.85. The molecule has 0 amide bonds. The molecular formula is C21H31N3. The molecule has 3 heteroatoms. The second-order valence-corrected chi connectivity index (χ2v) is 6.50. The number of nitrogens with zero attached hydrogens (tertiary/aromatic N) is 2. The van der Waals surface area contributed by atoms with Crippen molar-refractivity contribution in [2.75, 3.05) is 40.3 Å². The van der Waals surface area contributed by atoms with Crippen LogP contribution in [0.5, 0.6) is 0 Å². The van der Waals surface area contributed by atoms with E-state index in [0.29, 0.717) is 6.04 Å². The van der Waals surface area contributed by atoms with Gasteiger partial charge in [0.25, 0.3) is 0 Å². The lowest BCUT2D eigenvalue weighted by molar-refractivity contribution is 0.225. The summed E-state index contributed by atoms with van der Waals surface area (Å²) < 4.78 is 0. The van der Waals surface area contributed by atoms with Crippen LogP contribution in [0, 0.1) is 0 Å². The highest BCUT2D eigenvalue weighted by Crippen LogP contribution is 2.27. The molecule has 0 bridgehead atoms. The molecule has 0 aliphatic rings. The highest BCUT2D eigenvalue weighted by Gasteiger charge is 2.18. The number of unbranched alkanes of at least 4 members (excludes halogenated alkanes) is 1. The molecule has 3 nitrogen and oxygen atoms in total. The van der Waals surface area contributed by atoms with Gasteiger partial charge in [0.05, 0.1) is 6.04 Å². The Kier molecular flexibility index (Phi) is 7.96. The molecule has 24 heavy (non-hydrogen) atoms. The van der Waals surface area contributed by atoms with Crippen LogP contribution in [-0.2, 0) is 0 Å². The van der Waals surface area contributed by atoms with Gasteiger partial charge in [-0.25, -0.2) is 0 Å². The Labute approximate surface area is 147 Å². The van der Waals surface area contributed by atoms with Gasteiger partial charge in [-0.15, -0.1) is 0 Å². The number of rotatable bonds is 10. The van der Waals surface area contributed by atoms with Gasteiger partial charge in [0.1, 0.15) is 0 Å². The second-order valence-electron chi connectivity index (χ2n) is 6.50. The molecule has 0 aromatic heterocycles. The van der Waals surface area contributed by atoms with Crippen LogP contribution in [0.3, 0.4) is 0 Å². The van der Waals surface area contributed by atoms with Gasteiger partial charge in [0, 0.05) is 13.1 Å². The second kappa shape index (κ2) is 10.2. The van der Waals surface area contributed by atoms with Crippen molar-refractivity contribution in [1.29, 1.82) is 0 Å². The van der Waals surface area contributed by atoms with E-state index in [1.54, 1.807) is 0 Å². The zero-order valence-electron chi connectivity index (χ0n) is 15.1. The quantitative estimate of drug-likeness (QED) is 0.680. The lowest BCUT2D eigenvalue weighted by atomic mass is 9.97. The summed E-state index contributed by atoms with van der Waals surface area (Å²) in [5.74, 6) is 0.